The molecule has 0 heterocycles. The number of sulfonamides is 1. The molecule has 0 saturated carbocycles. The van der Waals surface area contributed by atoms with Crippen molar-refractivity contribution in [3.63, 3.8) is 0 Å². The average Bonchev–Trinajstić information content (AvgIpc) is 2.33. The summed E-state index contributed by atoms with van der Waals surface area (Å²) in [6.45, 7) is 2.51. The van der Waals surface area contributed by atoms with Crippen molar-refractivity contribution in [2.75, 3.05) is 13.1 Å². The van der Waals surface area contributed by atoms with Crippen molar-refractivity contribution in [2.45, 2.75) is 18.2 Å². The molecule has 0 atom stereocenters. The predicted octanol–water partition coefficient (Wildman–Crippen LogP) is 1.34. The second-order valence-corrected chi connectivity index (χ2v) is 5.69. The van der Waals surface area contributed by atoms with Gasteiger partial charge >= 0.3 is 0 Å². The third-order valence-electron chi connectivity index (χ3n) is 2.10. The molecule has 0 aliphatic heterocycles. The van der Waals surface area contributed by atoms with Crippen LogP contribution in [-0.2, 0) is 10.0 Å². The van der Waals surface area contributed by atoms with Crippen molar-refractivity contribution in [1.82, 2.24) is 4.72 Å². The molecule has 1 rings (SSSR count). The Balaban J connectivity index is 3.05. The third kappa shape index (κ3) is 4.00. The molecule has 3 N–H and O–H groups in total. The smallest absolute Gasteiger partial charge is 0.242 e. The van der Waals surface area contributed by atoms with Crippen LogP contribution in [0, 0.1) is 11.8 Å². The molecule has 4 nitrogen and oxygen atoms in total. The van der Waals surface area contributed by atoms with E-state index in [2.05, 4.69) is 16.6 Å². The molecule has 0 radical (unpaired) electrons. The maximum Gasteiger partial charge on any atom is 0.242 e. The van der Waals surface area contributed by atoms with Crippen LogP contribution < -0.4 is 10.5 Å². The summed E-state index contributed by atoms with van der Waals surface area (Å²) < 4.78 is 26.2. The Hall–Kier alpha value is -1.06. The molecule has 0 aliphatic rings. The highest BCUT2D eigenvalue weighted by molar-refractivity contribution is 7.89. The summed E-state index contributed by atoms with van der Waals surface area (Å²) in [6.07, 6.45) is 0.719. The van der Waals surface area contributed by atoms with Gasteiger partial charge in [-0.1, -0.05) is 30.4 Å². The summed E-state index contributed by atoms with van der Waals surface area (Å²) in [6, 6.07) is 4.57. The van der Waals surface area contributed by atoms with Gasteiger partial charge in [-0.05, 0) is 24.6 Å². The summed E-state index contributed by atoms with van der Waals surface area (Å²) in [4.78, 5) is 0.0657. The minimum atomic E-state index is -3.55. The first kappa shape index (κ1) is 15.0. The lowest BCUT2D eigenvalue weighted by atomic mass is 10.2. The normalized spacial score (nSPS) is 10.8. The van der Waals surface area contributed by atoms with E-state index >= 15 is 0 Å². The highest BCUT2D eigenvalue weighted by Gasteiger charge is 2.16. The second-order valence-electron chi connectivity index (χ2n) is 3.55. The quantitative estimate of drug-likeness (QED) is 0.821. The Labute approximate surface area is 113 Å². The SMILES string of the molecule is CCCNS(=O)(=O)c1ccc(C#CCN)cc1Cl. The maximum atomic E-state index is 11.9. The standard InChI is InChI=1S/C12H15ClN2O2S/c1-2-8-15-18(16,17)12-6-5-10(4-3-7-14)9-11(12)13/h5-6,9,15H,2,7-8,14H2,1H3. The first-order valence-corrected chi connectivity index (χ1v) is 7.35. The number of benzene rings is 1. The Kier molecular flexibility index (Phi) is 5.63. The Bertz CT molecular complexity index is 573. The Morgan fingerprint density at radius 2 is 2.17 bits per heavy atom. The summed E-state index contributed by atoms with van der Waals surface area (Å²) in [5.41, 5.74) is 5.89. The van der Waals surface area contributed by atoms with Crippen LogP contribution in [0.3, 0.4) is 0 Å². The number of rotatable bonds is 4. The average molecular weight is 287 g/mol. The topological polar surface area (TPSA) is 72.2 Å². The van der Waals surface area contributed by atoms with Gasteiger partial charge in [0, 0.05) is 12.1 Å². The molecule has 1 aromatic carbocycles. The van der Waals surface area contributed by atoms with Gasteiger partial charge in [0.25, 0.3) is 0 Å². The van der Waals surface area contributed by atoms with E-state index in [-0.39, 0.29) is 16.5 Å². The van der Waals surface area contributed by atoms with E-state index in [1.807, 2.05) is 6.92 Å². The van der Waals surface area contributed by atoms with Crippen LogP contribution >= 0.6 is 11.6 Å². The molecule has 1 aromatic rings. The largest absolute Gasteiger partial charge is 0.320 e. The van der Waals surface area contributed by atoms with Gasteiger partial charge in [-0.3, -0.25) is 0 Å². The highest BCUT2D eigenvalue weighted by atomic mass is 35.5. The molecule has 0 amide bonds. The van der Waals surface area contributed by atoms with Crippen LogP contribution in [-0.4, -0.2) is 21.5 Å². The van der Waals surface area contributed by atoms with Gasteiger partial charge in [-0.2, -0.15) is 0 Å². The molecule has 0 bridgehead atoms. The Morgan fingerprint density at radius 1 is 1.44 bits per heavy atom. The van der Waals surface area contributed by atoms with Crippen molar-refractivity contribution in [3.8, 4) is 11.8 Å². The van der Waals surface area contributed by atoms with E-state index in [0.29, 0.717) is 12.1 Å². The number of halogens is 1. The molecule has 0 aliphatic carbocycles. The van der Waals surface area contributed by atoms with Crippen LogP contribution in [0.25, 0.3) is 0 Å². The van der Waals surface area contributed by atoms with E-state index in [4.69, 9.17) is 17.3 Å². The van der Waals surface area contributed by atoms with E-state index in [1.165, 1.54) is 12.1 Å². The molecular formula is C12H15ClN2O2S. The van der Waals surface area contributed by atoms with Crippen molar-refractivity contribution in [3.05, 3.63) is 28.8 Å². The van der Waals surface area contributed by atoms with Gasteiger partial charge in [0.15, 0.2) is 0 Å². The van der Waals surface area contributed by atoms with Gasteiger partial charge in [-0.15, -0.1) is 0 Å². The summed E-state index contributed by atoms with van der Waals surface area (Å²) >= 11 is 5.95. The van der Waals surface area contributed by atoms with Gasteiger partial charge in [-0.25, -0.2) is 13.1 Å². The van der Waals surface area contributed by atoms with Crippen LogP contribution in [0.5, 0.6) is 0 Å². The highest BCUT2D eigenvalue weighted by Crippen LogP contribution is 2.22. The Morgan fingerprint density at radius 3 is 2.72 bits per heavy atom. The van der Waals surface area contributed by atoms with E-state index in [9.17, 15) is 8.42 Å². The summed E-state index contributed by atoms with van der Waals surface area (Å²) in [5.74, 6) is 5.47. The van der Waals surface area contributed by atoms with E-state index < -0.39 is 10.0 Å². The fraction of sp³-hybridized carbons (Fsp3) is 0.333. The number of hydrogen-bond acceptors (Lipinski definition) is 3. The first-order valence-electron chi connectivity index (χ1n) is 5.49. The third-order valence-corrected chi connectivity index (χ3v) is 4.04. The summed E-state index contributed by atoms with van der Waals surface area (Å²) in [7, 11) is -3.55. The van der Waals surface area contributed by atoms with Crippen LogP contribution in [0.4, 0.5) is 0 Å². The van der Waals surface area contributed by atoms with Crippen LogP contribution in [0.1, 0.15) is 18.9 Å². The zero-order valence-corrected chi connectivity index (χ0v) is 11.6. The van der Waals surface area contributed by atoms with Gasteiger partial charge in [0.05, 0.1) is 11.6 Å². The van der Waals surface area contributed by atoms with Gasteiger partial charge in [0.1, 0.15) is 4.90 Å². The van der Waals surface area contributed by atoms with Gasteiger partial charge < -0.3 is 5.73 Å². The van der Waals surface area contributed by atoms with Crippen molar-refractivity contribution in [1.29, 1.82) is 0 Å². The van der Waals surface area contributed by atoms with E-state index in [1.54, 1.807) is 6.07 Å². The van der Waals surface area contributed by atoms with Crippen LogP contribution in [0.2, 0.25) is 5.02 Å². The molecule has 6 heteroatoms. The fourth-order valence-corrected chi connectivity index (χ4v) is 2.94. The minimum absolute atomic E-state index is 0.0657. The fourth-order valence-electron chi connectivity index (χ4n) is 1.26. The van der Waals surface area contributed by atoms with Crippen molar-refractivity contribution >= 4 is 21.6 Å². The zero-order valence-electron chi connectivity index (χ0n) is 10.0. The van der Waals surface area contributed by atoms with Gasteiger partial charge in [0.2, 0.25) is 10.0 Å². The second kappa shape index (κ2) is 6.76. The lowest BCUT2D eigenvalue weighted by Gasteiger charge is -2.07. The molecule has 0 fully saturated rings. The molecule has 0 saturated heterocycles. The number of nitrogens with two attached hydrogens (primary N) is 1. The number of hydrogen-bond donors (Lipinski definition) is 2. The van der Waals surface area contributed by atoms with E-state index in [0.717, 1.165) is 6.42 Å². The van der Waals surface area contributed by atoms with Crippen molar-refractivity contribution < 1.29 is 8.42 Å². The molecule has 18 heavy (non-hydrogen) atoms. The lowest BCUT2D eigenvalue weighted by Crippen LogP contribution is -2.24. The summed E-state index contributed by atoms with van der Waals surface area (Å²) in [5, 5.41) is 0.155. The molecule has 0 aromatic heterocycles. The number of nitrogens with one attached hydrogen (secondary N) is 1. The van der Waals surface area contributed by atoms with Crippen LogP contribution in [0.15, 0.2) is 23.1 Å². The molecule has 0 unspecified atom stereocenters. The maximum absolute atomic E-state index is 11.9. The minimum Gasteiger partial charge on any atom is -0.320 e. The zero-order chi connectivity index (χ0) is 13.6. The lowest BCUT2D eigenvalue weighted by molar-refractivity contribution is 0.581. The monoisotopic (exact) mass is 286 g/mol. The first-order chi connectivity index (χ1) is 8.51. The molecule has 98 valence electrons. The molecular weight excluding hydrogens is 272 g/mol. The molecule has 0 spiro atoms. The predicted molar refractivity (Wildman–Crippen MR) is 72.9 cm³/mol. The van der Waals surface area contributed by atoms with Crippen molar-refractivity contribution in [2.24, 2.45) is 5.73 Å².